The van der Waals surface area contributed by atoms with E-state index in [1.165, 1.54) is 32.8 Å². The highest BCUT2D eigenvalue weighted by Crippen LogP contribution is 2.50. The molecule has 4 aliphatic rings. The molecule has 0 unspecified atom stereocenters. The van der Waals surface area contributed by atoms with Gasteiger partial charge >= 0.3 is 0 Å². The molecule has 4 aliphatic heterocycles. The average Bonchev–Trinajstić information content (AvgIpc) is 3.55. The maximum atomic E-state index is 7.27. The molecule has 8 heteroatoms. The number of nitrogens with one attached hydrogen (secondary N) is 1. The van der Waals surface area contributed by atoms with Gasteiger partial charge in [0.1, 0.15) is 23.0 Å². The number of anilines is 11. The highest BCUT2D eigenvalue weighted by Gasteiger charge is 2.47. The summed E-state index contributed by atoms with van der Waals surface area (Å²) in [6.45, 7) is -0.264. The molecule has 1 N–H and O–H groups in total. The van der Waals surface area contributed by atoms with Crippen molar-refractivity contribution in [1.82, 2.24) is 0 Å². The standard InChI is InChI=1S/C72H48B2N4O2/c1-6-24-48(25-7-1)55-34-16-22-40-69(55)79-53-42-62-71-66(43-53)77(51-30-12-4-13-31-51)64-47-65-60(46-59(64)73(71)57-36-18-20-38-61(57)75-62)74-58-37-19-21-39-63(58)76(50-28-10-3-11-29-50)67-44-54(45-68(72(67)74)78(65)52-32-14-5-15-33-52)80-70-41-23-17-35-56(70)49-26-8-2-9-27-49/h1-47,75H. The van der Waals surface area contributed by atoms with Crippen LogP contribution < -0.4 is 62.3 Å². The Kier molecular flexibility index (Phi) is 10.7. The lowest BCUT2D eigenvalue weighted by molar-refractivity contribution is 0.484. The highest BCUT2D eigenvalue weighted by atomic mass is 16.5. The highest BCUT2D eigenvalue weighted by molar-refractivity contribution is 7.03. The van der Waals surface area contributed by atoms with E-state index in [2.05, 4.69) is 299 Å². The maximum Gasteiger partial charge on any atom is 0.252 e. The summed E-state index contributed by atoms with van der Waals surface area (Å²) >= 11 is 0. The smallest absolute Gasteiger partial charge is 0.252 e. The molecule has 0 amide bonds. The Bertz CT molecular complexity index is 4370. The van der Waals surface area contributed by atoms with Crippen LogP contribution in [-0.2, 0) is 0 Å². The minimum atomic E-state index is -0.148. The van der Waals surface area contributed by atoms with Crippen molar-refractivity contribution in [3.05, 3.63) is 285 Å². The molecule has 0 radical (unpaired) electrons. The zero-order chi connectivity index (χ0) is 52.7. The second-order valence-corrected chi connectivity index (χ2v) is 20.8. The van der Waals surface area contributed by atoms with E-state index in [-0.39, 0.29) is 13.4 Å². The van der Waals surface area contributed by atoms with Gasteiger partial charge in [0.05, 0.1) is 0 Å². The van der Waals surface area contributed by atoms with Crippen molar-refractivity contribution < 1.29 is 9.47 Å². The summed E-state index contributed by atoms with van der Waals surface area (Å²) in [6.07, 6.45) is 0. The molecular formula is C72H48B2N4O2. The fourth-order valence-electron chi connectivity index (χ4n) is 13.0. The van der Waals surface area contributed by atoms with E-state index in [0.29, 0.717) is 0 Å². The predicted molar refractivity (Wildman–Crippen MR) is 333 cm³/mol. The fraction of sp³-hybridized carbons (Fsp3) is 0. The summed E-state index contributed by atoms with van der Waals surface area (Å²) in [5, 5.41) is 3.93. The zero-order valence-electron chi connectivity index (χ0n) is 43.4. The van der Waals surface area contributed by atoms with Crippen LogP contribution in [0, 0.1) is 0 Å². The van der Waals surface area contributed by atoms with Gasteiger partial charge in [-0.1, -0.05) is 194 Å². The molecule has 6 nitrogen and oxygen atoms in total. The maximum absolute atomic E-state index is 7.27. The fourth-order valence-corrected chi connectivity index (χ4v) is 13.0. The first-order valence-electron chi connectivity index (χ1n) is 27.4. The zero-order valence-corrected chi connectivity index (χ0v) is 43.4. The third-order valence-corrected chi connectivity index (χ3v) is 16.3. The molecule has 0 spiro atoms. The summed E-state index contributed by atoms with van der Waals surface area (Å²) in [6, 6.07) is 102. The number of nitrogens with zero attached hydrogens (tertiary/aromatic N) is 3. The molecular weight excluding hydrogens is 974 g/mol. The van der Waals surface area contributed by atoms with Gasteiger partial charge in [-0.25, -0.2) is 0 Å². The van der Waals surface area contributed by atoms with Crippen molar-refractivity contribution in [1.29, 1.82) is 0 Å². The van der Waals surface area contributed by atoms with Crippen molar-refractivity contribution in [2.75, 3.05) is 20.0 Å². The molecule has 0 atom stereocenters. The molecule has 0 aliphatic carbocycles. The largest absolute Gasteiger partial charge is 0.457 e. The van der Waals surface area contributed by atoms with Gasteiger partial charge in [0, 0.05) is 98.0 Å². The molecule has 0 saturated heterocycles. The molecule has 0 fully saturated rings. The molecule has 12 aromatic carbocycles. The summed E-state index contributed by atoms with van der Waals surface area (Å²) in [5.74, 6) is 3.05. The molecule has 0 aromatic heterocycles. The number of benzene rings is 12. The summed E-state index contributed by atoms with van der Waals surface area (Å²) in [5.41, 5.74) is 23.4. The van der Waals surface area contributed by atoms with Crippen LogP contribution >= 0.6 is 0 Å². The van der Waals surface area contributed by atoms with Gasteiger partial charge in [-0.15, -0.1) is 0 Å². The van der Waals surface area contributed by atoms with Crippen LogP contribution in [0.15, 0.2) is 285 Å². The van der Waals surface area contributed by atoms with Crippen molar-refractivity contribution in [3.63, 3.8) is 0 Å². The van der Waals surface area contributed by atoms with Gasteiger partial charge in [-0.3, -0.25) is 0 Å². The van der Waals surface area contributed by atoms with Gasteiger partial charge in [-0.2, -0.15) is 0 Å². The first-order valence-corrected chi connectivity index (χ1v) is 27.4. The Morgan fingerprint density at radius 3 is 1.21 bits per heavy atom. The van der Waals surface area contributed by atoms with Crippen LogP contribution in [0.3, 0.4) is 0 Å². The molecule has 0 saturated carbocycles. The predicted octanol–water partition coefficient (Wildman–Crippen LogP) is 15.0. The molecule has 12 aromatic rings. The van der Waals surface area contributed by atoms with E-state index in [9.17, 15) is 0 Å². The van der Waals surface area contributed by atoms with Crippen LogP contribution in [0.25, 0.3) is 22.3 Å². The van der Waals surface area contributed by atoms with Gasteiger partial charge in [0.2, 0.25) is 0 Å². The number of fused-ring (bicyclic) bond motifs is 8. The first-order chi connectivity index (χ1) is 39.7. The van der Waals surface area contributed by atoms with Crippen LogP contribution in [0.2, 0.25) is 0 Å². The molecule has 80 heavy (non-hydrogen) atoms. The van der Waals surface area contributed by atoms with Crippen LogP contribution in [0.5, 0.6) is 23.0 Å². The summed E-state index contributed by atoms with van der Waals surface area (Å²) in [4.78, 5) is 7.39. The van der Waals surface area contributed by atoms with E-state index in [1.54, 1.807) is 0 Å². The number of ether oxygens (including phenoxy) is 2. The number of rotatable bonds is 9. The SMILES string of the molecule is c1ccc(-c2ccccc2Oc2cc3c4c(c2)N(c2ccccc2)c2cc5c(cc2B4c2ccccc2N3)B2c3ccccc3N(c3ccccc3)c3cc(Oc4ccccc4-c4ccccc4)cc(c32)N5c2ccccc2)cc1. The van der Waals surface area contributed by atoms with E-state index in [1.807, 2.05) is 6.07 Å². The van der Waals surface area contributed by atoms with Gasteiger partial charge in [0.15, 0.2) is 0 Å². The van der Waals surface area contributed by atoms with Crippen LogP contribution in [-0.4, -0.2) is 13.4 Å². The van der Waals surface area contributed by atoms with Crippen LogP contribution in [0.4, 0.5) is 62.6 Å². The minimum absolute atomic E-state index is 0.116. The first kappa shape index (κ1) is 45.7. The molecule has 16 rings (SSSR count). The second kappa shape index (κ2) is 18.6. The Hall–Kier alpha value is -10.4. The van der Waals surface area contributed by atoms with E-state index >= 15 is 0 Å². The minimum Gasteiger partial charge on any atom is -0.457 e. The number of hydrogen-bond acceptors (Lipinski definition) is 6. The molecule has 4 heterocycles. The van der Waals surface area contributed by atoms with Crippen molar-refractivity contribution in [2.24, 2.45) is 0 Å². The number of para-hydroxylation sites is 7. The van der Waals surface area contributed by atoms with Gasteiger partial charge in [0.25, 0.3) is 13.4 Å². The van der Waals surface area contributed by atoms with Crippen molar-refractivity contribution >= 4 is 109 Å². The number of hydrogen-bond donors (Lipinski definition) is 1. The molecule has 0 bridgehead atoms. The van der Waals surface area contributed by atoms with Gasteiger partial charge < -0.3 is 29.5 Å². The Morgan fingerprint density at radius 2 is 0.675 bits per heavy atom. The Labute approximate surface area is 466 Å². The Balaban J connectivity index is 0.962. The van der Waals surface area contributed by atoms with E-state index in [4.69, 9.17) is 9.47 Å². The normalized spacial score (nSPS) is 13.0. The summed E-state index contributed by atoms with van der Waals surface area (Å²) in [7, 11) is 0. The van der Waals surface area contributed by atoms with E-state index in [0.717, 1.165) is 108 Å². The lowest BCUT2D eigenvalue weighted by Gasteiger charge is -2.46. The summed E-state index contributed by atoms with van der Waals surface area (Å²) < 4.78 is 14.4. The Morgan fingerprint density at radius 1 is 0.275 bits per heavy atom. The lowest BCUT2D eigenvalue weighted by atomic mass is 9.30. The van der Waals surface area contributed by atoms with Crippen molar-refractivity contribution in [2.45, 2.75) is 0 Å². The topological polar surface area (TPSA) is 40.2 Å². The third-order valence-electron chi connectivity index (χ3n) is 16.3. The van der Waals surface area contributed by atoms with Crippen molar-refractivity contribution in [3.8, 4) is 45.3 Å². The quantitative estimate of drug-likeness (QED) is 0.145. The monoisotopic (exact) mass is 1020 g/mol. The van der Waals surface area contributed by atoms with Crippen LogP contribution in [0.1, 0.15) is 0 Å². The van der Waals surface area contributed by atoms with E-state index < -0.39 is 0 Å². The third kappa shape index (κ3) is 7.37. The second-order valence-electron chi connectivity index (χ2n) is 20.8. The molecule has 374 valence electrons. The lowest BCUT2D eigenvalue weighted by Crippen LogP contribution is -2.64. The average molecular weight is 1020 g/mol. The van der Waals surface area contributed by atoms with Gasteiger partial charge in [-0.05, 0) is 111 Å².